The highest BCUT2D eigenvalue weighted by Gasteiger charge is 2.14. The first-order chi connectivity index (χ1) is 8.25. The molecule has 1 unspecified atom stereocenters. The highest BCUT2D eigenvalue weighted by molar-refractivity contribution is 5.24. The van der Waals surface area contributed by atoms with E-state index < -0.39 is 0 Å². The zero-order valence-electron chi connectivity index (χ0n) is 10.5. The molecule has 1 fully saturated rings. The van der Waals surface area contributed by atoms with Crippen molar-refractivity contribution in [3.8, 4) is 0 Å². The van der Waals surface area contributed by atoms with Gasteiger partial charge in [0.05, 0.1) is 6.10 Å². The van der Waals surface area contributed by atoms with E-state index in [9.17, 15) is 5.11 Å². The van der Waals surface area contributed by atoms with E-state index >= 15 is 0 Å². The molecule has 0 radical (unpaired) electrons. The van der Waals surface area contributed by atoms with E-state index in [0.717, 1.165) is 38.3 Å². The number of rotatable bonds is 3. The van der Waals surface area contributed by atoms with Crippen LogP contribution in [0.4, 0.5) is 0 Å². The van der Waals surface area contributed by atoms with Gasteiger partial charge >= 0.3 is 0 Å². The molecule has 2 N–H and O–H groups in total. The van der Waals surface area contributed by atoms with Crippen molar-refractivity contribution in [1.82, 2.24) is 10.2 Å². The van der Waals surface area contributed by atoms with Crippen molar-refractivity contribution >= 4 is 0 Å². The highest BCUT2D eigenvalue weighted by atomic mass is 16.3. The molecule has 1 aliphatic heterocycles. The normalized spacial score (nSPS) is 19.9. The van der Waals surface area contributed by atoms with Gasteiger partial charge in [0.1, 0.15) is 0 Å². The predicted molar refractivity (Wildman–Crippen MR) is 70.1 cm³/mol. The summed E-state index contributed by atoms with van der Waals surface area (Å²) in [7, 11) is 0. The van der Waals surface area contributed by atoms with Crippen molar-refractivity contribution < 1.29 is 5.11 Å². The van der Waals surface area contributed by atoms with Crippen molar-refractivity contribution in [2.45, 2.75) is 19.4 Å². The number of β-amino-alcohol motifs (C(OH)–C–C–N with tert-alkyl or cyclic N) is 1. The summed E-state index contributed by atoms with van der Waals surface area (Å²) >= 11 is 0. The van der Waals surface area contributed by atoms with Gasteiger partial charge in [-0.15, -0.1) is 0 Å². The molecule has 1 heterocycles. The monoisotopic (exact) mass is 234 g/mol. The number of aliphatic hydroxyl groups is 1. The number of benzene rings is 1. The molecule has 1 atom stereocenters. The van der Waals surface area contributed by atoms with Gasteiger partial charge in [-0.2, -0.15) is 0 Å². The number of hydrogen-bond donors (Lipinski definition) is 2. The largest absolute Gasteiger partial charge is 0.387 e. The lowest BCUT2D eigenvalue weighted by atomic mass is 10.1. The molecular weight excluding hydrogens is 212 g/mol. The molecule has 0 aliphatic carbocycles. The summed E-state index contributed by atoms with van der Waals surface area (Å²) in [5.74, 6) is 0. The molecule has 0 spiro atoms. The molecule has 0 amide bonds. The van der Waals surface area contributed by atoms with E-state index in [2.05, 4.69) is 29.3 Å². The van der Waals surface area contributed by atoms with Crippen molar-refractivity contribution in [3.05, 3.63) is 35.4 Å². The van der Waals surface area contributed by atoms with Crippen LogP contribution >= 0.6 is 0 Å². The fourth-order valence-corrected chi connectivity index (χ4v) is 2.31. The standard InChI is InChI=1S/C14H22N2O/c1-12-4-2-5-13(10-12)14(17)11-16-8-3-6-15-7-9-16/h2,4-5,10,14-15,17H,3,6-9,11H2,1H3. The molecular formula is C14H22N2O. The van der Waals surface area contributed by atoms with Crippen molar-refractivity contribution in [3.63, 3.8) is 0 Å². The quantitative estimate of drug-likeness (QED) is 0.828. The zero-order valence-corrected chi connectivity index (χ0v) is 10.5. The maximum atomic E-state index is 10.2. The summed E-state index contributed by atoms with van der Waals surface area (Å²) in [4.78, 5) is 2.34. The van der Waals surface area contributed by atoms with Gasteiger partial charge in [0.15, 0.2) is 0 Å². The lowest BCUT2D eigenvalue weighted by Crippen LogP contribution is -2.32. The van der Waals surface area contributed by atoms with E-state index in [1.54, 1.807) is 0 Å². The first kappa shape index (κ1) is 12.6. The molecule has 2 rings (SSSR count). The maximum Gasteiger partial charge on any atom is 0.0917 e. The van der Waals surface area contributed by atoms with Gasteiger partial charge in [-0.25, -0.2) is 0 Å². The highest BCUT2D eigenvalue weighted by Crippen LogP contribution is 2.16. The van der Waals surface area contributed by atoms with E-state index in [4.69, 9.17) is 0 Å². The first-order valence-corrected chi connectivity index (χ1v) is 6.43. The Bertz CT molecular complexity index is 346. The van der Waals surface area contributed by atoms with Gasteiger partial charge in [0, 0.05) is 19.6 Å². The Balaban J connectivity index is 1.93. The average molecular weight is 234 g/mol. The molecule has 3 nitrogen and oxygen atoms in total. The van der Waals surface area contributed by atoms with Gasteiger partial charge in [0.25, 0.3) is 0 Å². The molecule has 94 valence electrons. The Kier molecular flexibility index (Phi) is 4.54. The smallest absolute Gasteiger partial charge is 0.0917 e. The number of nitrogens with one attached hydrogen (secondary N) is 1. The number of nitrogens with zero attached hydrogens (tertiary/aromatic N) is 1. The summed E-state index contributed by atoms with van der Waals surface area (Å²) in [5.41, 5.74) is 2.24. The number of aryl methyl sites for hydroxylation is 1. The third-order valence-electron chi connectivity index (χ3n) is 3.29. The Labute approximate surface area is 103 Å². The molecule has 1 aromatic carbocycles. The Morgan fingerprint density at radius 1 is 1.35 bits per heavy atom. The Hall–Kier alpha value is -0.900. The third-order valence-corrected chi connectivity index (χ3v) is 3.29. The van der Waals surface area contributed by atoms with Crippen LogP contribution in [-0.2, 0) is 0 Å². The summed E-state index contributed by atoms with van der Waals surface area (Å²) in [6.07, 6.45) is 0.800. The fraction of sp³-hybridized carbons (Fsp3) is 0.571. The molecule has 0 saturated carbocycles. The maximum absolute atomic E-state index is 10.2. The van der Waals surface area contributed by atoms with Gasteiger partial charge in [-0.3, -0.25) is 4.90 Å². The third kappa shape index (κ3) is 3.80. The minimum atomic E-state index is -0.368. The molecule has 0 aromatic heterocycles. The van der Waals surface area contributed by atoms with E-state index in [1.165, 1.54) is 12.0 Å². The molecule has 17 heavy (non-hydrogen) atoms. The van der Waals surface area contributed by atoms with Crippen LogP contribution in [0.3, 0.4) is 0 Å². The second kappa shape index (κ2) is 6.15. The number of hydrogen-bond acceptors (Lipinski definition) is 3. The van der Waals surface area contributed by atoms with Crippen LogP contribution < -0.4 is 5.32 Å². The van der Waals surface area contributed by atoms with Gasteiger partial charge in [-0.1, -0.05) is 29.8 Å². The summed E-state index contributed by atoms with van der Waals surface area (Å²) in [6.45, 7) is 7.04. The molecule has 1 aromatic rings. The van der Waals surface area contributed by atoms with Crippen LogP contribution in [0.1, 0.15) is 23.7 Å². The van der Waals surface area contributed by atoms with Crippen LogP contribution in [0.2, 0.25) is 0 Å². The molecule has 0 bridgehead atoms. The zero-order chi connectivity index (χ0) is 12.1. The van der Waals surface area contributed by atoms with Gasteiger partial charge in [0.2, 0.25) is 0 Å². The summed E-state index contributed by atoms with van der Waals surface area (Å²) < 4.78 is 0. The minimum absolute atomic E-state index is 0.368. The Morgan fingerprint density at radius 2 is 2.24 bits per heavy atom. The van der Waals surface area contributed by atoms with Gasteiger partial charge in [-0.05, 0) is 32.0 Å². The van der Waals surface area contributed by atoms with Crippen LogP contribution in [-0.4, -0.2) is 42.7 Å². The Morgan fingerprint density at radius 3 is 3.06 bits per heavy atom. The second-order valence-electron chi connectivity index (χ2n) is 4.83. The minimum Gasteiger partial charge on any atom is -0.387 e. The van der Waals surface area contributed by atoms with Crippen LogP contribution in [0.25, 0.3) is 0 Å². The molecule has 1 aliphatic rings. The topological polar surface area (TPSA) is 35.5 Å². The summed E-state index contributed by atoms with van der Waals surface area (Å²) in [6, 6.07) is 8.15. The van der Waals surface area contributed by atoms with Crippen LogP contribution in [0.15, 0.2) is 24.3 Å². The lowest BCUT2D eigenvalue weighted by Gasteiger charge is -2.23. The van der Waals surface area contributed by atoms with Crippen molar-refractivity contribution in [2.75, 3.05) is 32.7 Å². The molecule has 3 heteroatoms. The van der Waals surface area contributed by atoms with Crippen LogP contribution in [0, 0.1) is 6.92 Å². The average Bonchev–Trinajstić information content (AvgIpc) is 2.57. The van der Waals surface area contributed by atoms with E-state index in [1.807, 2.05) is 12.1 Å². The van der Waals surface area contributed by atoms with Gasteiger partial charge < -0.3 is 10.4 Å². The number of aliphatic hydroxyl groups excluding tert-OH is 1. The van der Waals surface area contributed by atoms with E-state index in [0.29, 0.717) is 0 Å². The van der Waals surface area contributed by atoms with Crippen molar-refractivity contribution in [1.29, 1.82) is 0 Å². The van der Waals surface area contributed by atoms with Crippen molar-refractivity contribution in [2.24, 2.45) is 0 Å². The second-order valence-corrected chi connectivity index (χ2v) is 4.83. The first-order valence-electron chi connectivity index (χ1n) is 6.43. The fourth-order valence-electron chi connectivity index (χ4n) is 2.31. The van der Waals surface area contributed by atoms with Crippen LogP contribution in [0.5, 0.6) is 0 Å². The lowest BCUT2D eigenvalue weighted by molar-refractivity contribution is 0.117. The SMILES string of the molecule is Cc1cccc(C(O)CN2CCCNCC2)c1. The predicted octanol–water partition coefficient (Wildman–Crippen LogP) is 1.32. The summed E-state index contributed by atoms with van der Waals surface area (Å²) in [5, 5.41) is 13.6. The van der Waals surface area contributed by atoms with E-state index in [-0.39, 0.29) is 6.10 Å². The molecule has 1 saturated heterocycles.